The lowest BCUT2D eigenvalue weighted by molar-refractivity contribution is -0.121. The minimum Gasteiger partial charge on any atom is -0.496 e. The fourth-order valence-electron chi connectivity index (χ4n) is 2.34. The first-order valence-electron chi connectivity index (χ1n) is 8.36. The van der Waals surface area contributed by atoms with Crippen LogP contribution in [0.4, 0.5) is 0 Å². The van der Waals surface area contributed by atoms with Crippen LogP contribution in [0.25, 0.3) is 6.08 Å². The number of nitrogens with one attached hydrogen (secondary N) is 3. The lowest BCUT2D eigenvalue weighted by Crippen LogP contribution is -2.48. The largest absolute Gasteiger partial charge is 0.496 e. The third-order valence-electron chi connectivity index (χ3n) is 3.63. The Morgan fingerprint density at radius 3 is 2.21 bits per heavy atom. The van der Waals surface area contributed by atoms with Gasteiger partial charge < -0.3 is 9.47 Å². The zero-order valence-corrected chi connectivity index (χ0v) is 16.3. The minimum atomic E-state index is -0.470. The average molecular weight is 399 g/mol. The van der Waals surface area contributed by atoms with E-state index in [1.165, 1.54) is 20.3 Å². The molecule has 2 aromatic carbocycles. The summed E-state index contributed by atoms with van der Waals surface area (Å²) in [4.78, 5) is 23.9. The molecule has 0 unspecified atom stereocenters. The maximum Gasteiger partial charge on any atom is 0.250 e. The fourth-order valence-corrected chi connectivity index (χ4v) is 2.49. The number of methoxy groups -OCH3 is 2. The molecule has 2 rings (SSSR count). The number of hydrogen-bond donors (Lipinski definition) is 3. The molecule has 0 aliphatic rings. The van der Waals surface area contributed by atoms with Gasteiger partial charge in [-0.15, -0.1) is 0 Å². The van der Waals surface area contributed by atoms with Crippen molar-refractivity contribution in [2.75, 3.05) is 14.2 Å². The summed E-state index contributed by atoms with van der Waals surface area (Å²) in [7, 11) is 3.06. The van der Waals surface area contributed by atoms with Gasteiger partial charge in [0.05, 0.1) is 26.2 Å². The lowest BCUT2D eigenvalue weighted by Gasteiger charge is -2.10. The van der Waals surface area contributed by atoms with Crippen LogP contribution in [0.3, 0.4) is 0 Å². The molecule has 0 saturated heterocycles. The molecule has 0 fully saturated rings. The first-order valence-corrected chi connectivity index (χ1v) is 8.77. The van der Waals surface area contributed by atoms with E-state index in [2.05, 4.69) is 16.2 Å². The topological polar surface area (TPSA) is 88.7 Å². The first-order chi connectivity index (χ1) is 13.5. The Balaban J connectivity index is 1.85. The van der Waals surface area contributed by atoms with Crippen LogP contribution >= 0.6 is 12.2 Å². The predicted octanol–water partition coefficient (Wildman–Crippen LogP) is 1.98. The Labute approximate surface area is 168 Å². The van der Waals surface area contributed by atoms with Gasteiger partial charge in [0.15, 0.2) is 5.11 Å². The molecule has 0 radical (unpaired) electrons. The van der Waals surface area contributed by atoms with Gasteiger partial charge in [0.25, 0.3) is 0 Å². The van der Waals surface area contributed by atoms with E-state index in [1.54, 1.807) is 24.3 Å². The molecule has 146 valence electrons. The molecule has 0 saturated carbocycles. The Morgan fingerprint density at radius 1 is 0.964 bits per heavy atom. The van der Waals surface area contributed by atoms with Crippen molar-refractivity contribution >= 4 is 35.2 Å². The van der Waals surface area contributed by atoms with Gasteiger partial charge in [-0.05, 0) is 36.0 Å². The number of ether oxygens (including phenoxy) is 2. The van der Waals surface area contributed by atoms with Crippen molar-refractivity contribution in [3.63, 3.8) is 0 Å². The molecular formula is C20H21N3O4S. The number of benzene rings is 2. The van der Waals surface area contributed by atoms with Crippen LogP contribution in [0.5, 0.6) is 11.5 Å². The van der Waals surface area contributed by atoms with Gasteiger partial charge >= 0.3 is 0 Å². The van der Waals surface area contributed by atoms with Gasteiger partial charge in [-0.3, -0.25) is 25.8 Å². The standard InChI is InChI=1S/C20H21N3O4S/c1-26-16-9-6-10-17(27-2)15(16)11-12-18(24)21-20(28)23-22-19(25)13-14-7-4-3-5-8-14/h3-12H,13H2,1-2H3,(H,22,25)(H2,21,23,24,28)/b12-11+. The number of carbonyl (C=O) groups is 2. The van der Waals surface area contributed by atoms with Gasteiger partial charge in [-0.25, -0.2) is 0 Å². The highest BCUT2D eigenvalue weighted by Gasteiger charge is 2.08. The van der Waals surface area contributed by atoms with E-state index in [0.717, 1.165) is 5.56 Å². The quantitative estimate of drug-likeness (QED) is 0.391. The molecule has 7 nitrogen and oxygen atoms in total. The van der Waals surface area contributed by atoms with Crippen LogP contribution in [0, 0.1) is 0 Å². The van der Waals surface area contributed by atoms with Crippen molar-refractivity contribution in [1.29, 1.82) is 0 Å². The van der Waals surface area contributed by atoms with Crippen molar-refractivity contribution in [3.8, 4) is 11.5 Å². The Bertz CT molecular complexity index is 847. The molecule has 0 aliphatic heterocycles. The van der Waals surface area contributed by atoms with Crippen LogP contribution in [0.1, 0.15) is 11.1 Å². The van der Waals surface area contributed by atoms with Gasteiger partial charge in [-0.2, -0.15) is 0 Å². The van der Waals surface area contributed by atoms with E-state index >= 15 is 0 Å². The van der Waals surface area contributed by atoms with Crippen molar-refractivity contribution in [1.82, 2.24) is 16.2 Å². The molecule has 8 heteroatoms. The number of hydrazine groups is 1. The molecule has 0 aliphatic carbocycles. The van der Waals surface area contributed by atoms with Gasteiger partial charge in [-0.1, -0.05) is 36.4 Å². The molecule has 0 bridgehead atoms. The molecule has 0 aromatic heterocycles. The van der Waals surface area contributed by atoms with E-state index < -0.39 is 5.91 Å². The van der Waals surface area contributed by atoms with Crippen molar-refractivity contribution < 1.29 is 19.1 Å². The van der Waals surface area contributed by atoms with E-state index in [-0.39, 0.29) is 17.4 Å². The second kappa shape index (κ2) is 10.7. The minimum absolute atomic E-state index is 0.0250. The van der Waals surface area contributed by atoms with E-state index in [9.17, 15) is 9.59 Å². The van der Waals surface area contributed by atoms with Crippen molar-refractivity contribution in [2.45, 2.75) is 6.42 Å². The third-order valence-corrected chi connectivity index (χ3v) is 3.83. The Morgan fingerprint density at radius 2 is 1.61 bits per heavy atom. The van der Waals surface area contributed by atoms with Crippen molar-refractivity contribution in [3.05, 3.63) is 65.7 Å². The van der Waals surface area contributed by atoms with Crippen molar-refractivity contribution in [2.24, 2.45) is 0 Å². The second-order valence-corrected chi connectivity index (χ2v) is 5.97. The summed E-state index contributed by atoms with van der Waals surface area (Å²) in [5.41, 5.74) is 6.42. The maximum absolute atomic E-state index is 12.0. The number of carbonyl (C=O) groups excluding carboxylic acids is 2. The first kappa shape index (κ1) is 20.9. The summed E-state index contributed by atoms with van der Waals surface area (Å²) >= 11 is 5.00. The highest BCUT2D eigenvalue weighted by atomic mass is 32.1. The SMILES string of the molecule is COc1cccc(OC)c1/C=C/C(=O)NC(=S)NNC(=O)Cc1ccccc1. The molecular weight excluding hydrogens is 378 g/mol. The lowest BCUT2D eigenvalue weighted by atomic mass is 10.1. The summed E-state index contributed by atoms with van der Waals surface area (Å²) in [6, 6.07) is 14.6. The van der Waals surface area contributed by atoms with Crippen LogP contribution in [-0.2, 0) is 16.0 Å². The third kappa shape index (κ3) is 6.40. The molecule has 2 amide bonds. The maximum atomic E-state index is 12.0. The summed E-state index contributed by atoms with van der Waals surface area (Å²) in [5.74, 6) is 0.384. The van der Waals surface area contributed by atoms with E-state index in [0.29, 0.717) is 17.1 Å². The summed E-state index contributed by atoms with van der Waals surface area (Å²) in [6.45, 7) is 0. The summed E-state index contributed by atoms with van der Waals surface area (Å²) in [6.07, 6.45) is 3.04. The monoisotopic (exact) mass is 399 g/mol. The van der Waals surface area contributed by atoms with Crippen LogP contribution < -0.4 is 25.6 Å². The molecule has 3 N–H and O–H groups in total. The van der Waals surface area contributed by atoms with Gasteiger partial charge in [0.2, 0.25) is 11.8 Å². The van der Waals surface area contributed by atoms with Crippen LogP contribution in [-0.4, -0.2) is 31.1 Å². The summed E-state index contributed by atoms with van der Waals surface area (Å²) < 4.78 is 10.5. The zero-order valence-electron chi connectivity index (χ0n) is 15.5. The summed E-state index contributed by atoms with van der Waals surface area (Å²) in [5, 5.41) is 2.42. The number of amides is 2. The molecule has 2 aromatic rings. The molecule has 0 atom stereocenters. The van der Waals surface area contributed by atoms with E-state index in [4.69, 9.17) is 21.7 Å². The number of rotatable bonds is 6. The van der Waals surface area contributed by atoms with Crippen LogP contribution in [0.15, 0.2) is 54.6 Å². The smallest absolute Gasteiger partial charge is 0.250 e. The highest BCUT2D eigenvalue weighted by Crippen LogP contribution is 2.29. The Hall–Kier alpha value is -3.39. The Kier molecular flexibility index (Phi) is 7.98. The number of hydrogen-bond acceptors (Lipinski definition) is 5. The number of thiocarbonyl (C=S) groups is 1. The second-order valence-electron chi connectivity index (χ2n) is 5.56. The normalized spacial score (nSPS) is 10.2. The molecule has 28 heavy (non-hydrogen) atoms. The van der Waals surface area contributed by atoms with E-state index in [1.807, 2.05) is 30.3 Å². The average Bonchev–Trinajstić information content (AvgIpc) is 2.71. The van der Waals surface area contributed by atoms with Gasteiger partial charge in [0, 0.05) is 6.08 Å². The van der Waals surface area contributed by atoms with Gasteiger partial charge in [0.1, 0.15) is 11.5 Å². The van der Waals surface area contributed by atoms with Crippen LogP contribution in [0.2, 0.25) is 0 Å². The molecule has 0 heterocycles. The fraction of sp³-hybridized carbons (Fsp3) is 0.150. The highest BCUT2D eigenvalue weighted by molar-refractivity contribution is 7.80. The zero-order chi connectivity index (χ0) is 20.4. The predicted molar refractivity (Wildman–Crippen MR) is 111 cm³/mol. The molecule has 0 spiro atoms.